The van der Waals surface area contributed by atoms with Gasteiger partial charge in [-0.15, -0.1) is 0 Å². The number of aliphatic hydroxyl groups excluding tert-OH is 1. The van der Waals surface area contributed by atoms with Gasteiger partial charge in [-0.05, 0) is 48.7 Å². The average Bonchev–Trinajstić information content (AvgIpc) is 3.05. The van der Waals surface area contributed by atoms with Crippen LogP contribution in [0.5, 0.6) is 0 Å². The summed E-state index contributed by atoms with van der Waals surface area (Å²) in [7, 11) is -3.86. The van der Waals surface area contributed by atoms with Crippen molar-refractivity contribution in [3.05, 3.63) is 113 Å². The Morgan fingerprint density at radius 2 is 1.61 bits per heavy atom. The summed E-state index contributed by atoms with van der Waals surface area (Å²) < 4.78 is 28.2. The molecule has 3 aromatic rings. The highest BCUT2D eigenvalue weighted by Gasteiger charge is 2.42. The molecule has 0 aliphatic carbocycles. The maximum absolute atomic E-state index is 13.5. The lowest BCUT2D eigenvalue weighted by Gasteiger charge is -2.23. The fourth-order valence-corrected chi connectivity index (χ4v) is 5.50. The first-order chi connectivity index (χ1) is 14.8. The van der Waals surface area contributed by atoms with Crippen molar-refractivity contribution in [2.24, 2.45) is 0 Å². The normalized spacial score (nSPS) is 17.2. The summed E-state index contributed by atoms with van der Waals surface area (Å²) in [5.74, 6) is -0.559. The van der Waals surface area contributed by atoms with Gasteiger partial charge in [0.05, 0.1) is 22.6 Å². The molecule has 0 fully saturated rings. The smallest absolute Gasteiger partial charge is 0.268 e. The number of anilines is 1. The van der Waals surface area contributed by atoms with Crippen molar-refractivity contribution < 1.29 is 13.5 Å². The lowest BCUT2D eigenvalue weighted by atomic mass is 9.92. The molecule has 0 unspecified atom stereocenters. The Balaban J connectivity index is 1.72. The van der Waals surface area contributed by atoms with Gasteiger partial charge in [0.25, 0.3) is 10.0 Å². The molecule has 1 aliphatic heterocycles. The van der Waals surface area contributed by atoms with E-state index in [0.717, 1.165) is 22.3 Å². The van der Waals surface area contributed by atoms with Gasteiger partial charge in [-0.25, -0.2) is 12.7 Å². The van der Waals surface area contributed by atoms with Gasteiger partial charge < -0.3 is 5.11 Å². The second-order valence-corrected chi connectivity index (χ2v) is 9.60. The van der Waals surface area contributed by atoms with Gasteiger partial charge in [0.2, 0.25) is 0 Å². The molecule has 1 N–H and O–H groups in total. The summed E-state index contributed by atoms with van der Waals surface area (Å²) in [6.07, 6.45) is 2.65. The third-order valence-corrected chi connectivity index (χ3v) is 7.45. The number of aryl methyl sites for hydroxylation is 2. The number of sulfonamides is 1. The summed E-state index contributed by atoms with van der Waals surface area (Å²) in [5.41, 5.74) is 4.69. The summed E-state index contributed by atoms with van der Waals surface area (Å²) in [4.78, 5) is 0.194. The molecule has 0 saturated heterocycles. The van der Waals surface area contributed by atoms with Crippen molar-refractivity contribution in [3.8, 4) is 0 Å². The highest BCUT2D eigenvalue weighted by molar-refractivity contribution is 7.93. The van der Waals surface area contributed by atoms with Crippen LogP contribution >= 0.6 is 0 Å². The van der Waals surface area contributed by atoms with Crippen molar-refractivity contribution in [1.29, 1.82) is 0 Å². The third kappa shape index (κ3) is 3.82. The van der Waals surface area contributed by atoms with E-state index in [-0.39, 0.29) is 4.90 Å². The van der Waals surface area contributed by atoms with E-state index in [9.17, 15) is 13.5 Å². The summed E-state index contributed by atoms with van der Waals surface area (Å²) >= 11 is 0. The van der Waals surface area contributed by atoms with Crippen molar-refractivity contribution in [3.63, 3.8) is 0 Å². The van der Waals surface area contributed by atoms with Crippen LogP contribution in [0.4, 0.5) is 5.69 Å². The van der Waals surface area contributed by atoms with Crippen LogP contribution in [-0.4, -0.2) is 19.6 Å². The first-order valence-electron chi connectivity index (χ1n) is 10.1. The van der Waals surface area contributed by atoms with Crippen molar-refractivity contribution in [2.75, 3.05) is 4.31 Å². The predicted octanol–water partition coefficient (Wildman–Crippen LogP) is 5.18. The summed E-state index contributed by atoms with van der Waals surface area (Å²) in [6, 6.07) is 21.9. The van der Waals surface area contributed by atoms with Crippen LogP contribution in [0.25, 0.3) is 6.08 Å². The van der Waals surface area contributed by atoms with Crippen molar-refractivity contribution in [1.82, 2.24) is 0 Å². The minimum atomic E-state index is -3.86. The molecule has 0 bridgehead atoms. The van der Waals surface area contributed by atoms with Crippen molar-refractivity contribution >= 4 is 21.8 Å². The Bertz CT molecular complexity index is 1260. The molecule has 3 aromatic carbocycles. The average molecular weight is 432 g/mol. The number of aliphatic hydroxyl groups is 1. The molecule has 4 nitrogen and oxygen atoms in total. The Morgan fingerprint density at radius 1 is 0.968 bits per heavy atom. The van der Waals surface area contributed by atoms with E-state index in [1.165, 1.54) is 4.31 Å². The Kier molecular flexibility index (Phi) is 5.56. The molecular formula is C26H25NO3S. The number of rotatable bonds is 5. The number of hydrogen-bond acceptors (Lipinski definition) is 3. The van der Waals surface area contributed by atoms with Gasteiger partial charge in [-0.2, -0.15) is 0 Å². The minimum Gasteiger partial charge on any atom is -0.388 e. The monoisotopic (exact) mass is 431 g/mol. The number of fused-ring (bicyclic) bond motifs is 1. The van der Waals surface area contributed by atoms with E-state index < -0.39 is 22.0 Å². The molecule has 0 aromatic heterocycles. The van der Waals surface area contributed by atoms with Crippen molar-refractivity contribution in [2.45, 2.75) is 30.8 Å². The lowest BCUT2D eigenvalue weighted by Crippen LogP contribution is -2.29. The molecule has 2 atom stereocenters. The zero-order valence-corrected chi connectivity index (χ0v) is 18.4. The Morgan fingerprint density at radius 3 is 2.32 bits per heavy atom. The largest absolute Gasteiger partial charge is 0.388 e. The summed E-state index contributed by atoms with van der Waals surface area (Å²) in [6.45, 7) is 8.00. The van der Waals surface area contributed by atoms with Crippen LogP contribution in [0.3, 0.4) is 0 Å². The van der Waals surface area contributed by atoms with E-state index in [1.807, 2.05) is 56.3 Å². The highest BCUT2D eigenvalue weighted by Crippen LogP contribution is 2.47. The SMILES string of the molecule is C=C1[C@@H]([C@H](O)/C=C/c2ccccc2C)c2ccccc2N1S(=O)(=O)c1ccc(C)cc1. The molecular weight excluding hydrogens is 406 g/mol. The quantitative estimate of drug-likeness (QED) is 0.605. The molecule has 0 radical (unpaired) electrons. The molecule has 4 rings (SSSR count). The van der Waals surface area contributed by atoms with Crippen LogP contribution in [0.15, 0.2) is 96.0 Å². The molecule has 31 heavy (non-hydrogen) atoms. The molecule has 5 heteroatoms. The maximum Gasteiger partial charge on any atom is 0.268 e. The Hall–Kier alpha value is -3.15. The highest BCUT2D eigenvalue weighted by atomic mass is 32.2. The molecule has 0 saturated carbocycles. The molecule has 1 heterocycles. The lowest BCUT2D eigenvalue weighted by molar-refractivity contribution is 0.206. The Labute approximate surface area is 183 Å². The fraction of sp³-hybridized carbons (Fsp3) is 0.154. The van der Waals surface area contributed by atoms with E-state index in [0.29, 0.717) is 11.4 Å². The van der Waals surface area contributed by atoms with Gasteiger partial charge in [-0.3, -0.25) is 0 Å². The van der Waals surface area contributed by atoms with E-state index >= 15 is 0 Å². The standard InChI is InChI=1S/C26H25NO3S/c1-18-12-15-22(16-13-18)31(29,30)27-20(3)26(23-10-6-7-11-24(23)27)25(28)17-14-21-9-5-4-8-19(21)2/h4-17,25-26,28H,3H2,1-2H3/b17-14+/t25-,26-/m1/s1. The predicted molar refractivity (Wildman–Crippen MR) is 125 cm³/mol. The van der Waals surface area contributed by atoms with E-state index in [2.05, 4.69) is 6.58 Å². The second-order valence-electron chi connectivity index (χ2n) is 7.82. The number of nitrogens with zero attached hydrogens (tertiary/aromatic N) is 1. The maximum atomic E-state index is 13.5. The topological polar surface area (TPSA) is 57.6 Å². The van der Waals surface area contributed by atoms with Gasteiger partial charge in [0.1, 0.15) is 0 Å². The van der Waals surface area contributed by atoms with Crippen LogP contribution in [0.1, 0.15) is 28.2 Å². The van der Waals surface area contributed by atoms with Gasteiger partial charge >= 0.3 is 0 Å². The molecule has 0 spiro atoms. The summed E-state index contributed by atoms with van der Waals surface area (Å²) in [5, 5.41) is 11.0. The first-order valence-corrected chi connectivity index (χ1v) is 11.6. The number of benzene rings is 3. The minimum absolute atomic E-state index is 0.194. The second kappa shape index (κ2) is 8.17. The first kappa shape index (κ1) is 21.1. The molecule has 158 valence electrons. The van der Waals surface area contributed by atoms with Gasteiger partial charge in [0, 0.05) is 5.70 Å². The number of hydrogen-bond donors (Lipinski definition) is 1. The zero-order chi connectivity index (χ0) is 22.2. The number of para-hydroxylation sites is 1. The van der Waals surface area contributed by atoms with Gasteiger partial charge in [-0.1, -0.05) is 78.9 Å². The van der Waals surface area contributed by atoms with E-state index in [4.69, 9.17) is 0 Å². The van der Waals surface area contributed by atoms with Crippen LogP contribution in [0.2, 0.25) is 0 Å². The van der Waals surface area contributed by atoms with Crippen LogP contribution in [0, 0.1) is 13.8 Å². The molecule has 1 aliphatic rings. The zero-order valence-electron chi connectivity index (χ0n) is 17.6. The van der Waals surface area contributed by atoms with Crippen LogP contribution < -0.4 is 4.31 Å². The molecule has 0 amide bonds. The van der Waals surface area contributed by atoms with Gasteiger partial charge in [0.15, 0.2) is 0 Å². The fourth-order valence-electron chi connectivity index (χ4n) is 3.96. The van der Waals surface area contributed by atoms with Crippen LogP contribution in [-0.2, 0) is 10.0 Å². The van der Waals surface area contributed by atoms with E-state index in [1.54, 1.807) is 42.5 Å². The third-order valence-electron chi connectivity index (χ3n) is 5.67.